The molecular formula is C36H43N5O4. The number of likely N-dealkylation sites (N-methyl/N-ethyl adjacent to an activating group) is 1. The Balaban J connectivity index is 1.32. The lowest BCUT2D eigenvalue weighted by Crippen LogP contribution is -2.65. The minimum absolute atomic E-state index is 0.00227. The number of hydrogen-bond donors (Lipinski definition) is 2. The number of carbonyl (C=O) groups is 4. The predicted molar refractivity (Wildman–Crippen MR) is 173 cm³/mol. The van der Waals surface area contributed by atoms with Crippen molar-refractivity contribution in [3.8, 4) is 0 Å². The average Bonchev–Trinajstić information content (AvgIpc) is 3.40. The number of nitrogens with zero attached hydrogens (tertiary/aromatic N) is 3. The number of hydrogen-bond acceptors (Lipinski definition) is 5. The van der Waals surface area contributed by atoms with E-state index in [0.717, 1.165) is 54.0 Å². The van der Waals surface area contributed by atoms with Gasteiger partial charge in [-0.3, -0.25) is 19.2 Å². The van der Waals surface area contributed by atoms with E-state index in [1.54, 1.807) is 28.7 Å². The first-order valence-corrected chi connectivity index (χ1v) is 16.2. The molecule has 3 fully saturated rings. The van der Waals surface area contributed by atoms with Crippen molar-refractivity contribution in [1.29, 1.82) is 0 Å². The molecule has 2 heterocycles. The fourth-order valence-electron chi connectivity index (χ4n) is 7.22. The lowest BCUT2D eigenvalue weighted by atomic mass is 9.83. The van der Waals surface area contributed by atoms with Crippen LogP contribution in [0.2, 0.25) is 0 Å². The van der Waals surface area contributed by atoms with Crippen LogP contribution in [0.1, 0.15) is 50.2 Å². The molecular weight excluding hydrogens is 566 g/mol. The molecule has 3 aromatic rings. The fourth-order valence-corrected chi connectivity index (χ4v) is 7.22. The van der Waals surface area contributed by atoms with Crippen molar-refractivity contribution < 1.29 is 19.2 Å². The minimum atomic E-state index is -0.744. The van der Waals surface area contributed by atoms with Gasteiger partial charge >= 0.3 is 0 Å². The normalized spacial score (nSPS) is 22.0. The number of fused-ring (bicyclic) bond motifs is 2. The summed E-state index contributed by atoms with van der Waals surface area (Å²) in [6.07, 6.45) is 4.57. The summed E-state index contributed by atoms with van der Waals surface area (Å²) in [5, 5.41) is 8.19. The SMILES string of the molecule is CN[C@@H](C)C(=O)N[C@H](C(=O)N1CC(=O)N2[C@@H]1CN(Cc1ccccc1)C(=O)[C@@H]2Cc1ccc2ccccc2c1)C1CCCCC1. The molecule has 1 aliphatic carbocycles. The van der Waals surface area contributed by atoms with E-state index in [-0.39, 0.29) is 42.6 Å². The number of amides is 4. The van der Waals surface area contributed by atoms with Gasteiger partial charge in [0.2, 0.25) is 23.6 Å². The van der Waals surface area contributed by atoms with Gasteiger partial charge in [0.15, 0.2) is 0 Å². The molecule has 3 aliphatic rings. The maximum atomic E-state index is 14.5. The van der Waals surface area contributed by atoms with Gasteiger partial charge in [0.1, 0.15) is 24.8 Å². The second-order valence-corrected chi connectivity index (χ2v) is 12.7. The third kappa shape index (κ3) is 6.45. The molecule has 0 spiro atoms. The highest BCUT2D eigenvalue weighted by Crippen LogP contribution is 2.33. The van der Waals surface area contributed by atoms with Gasteiger partial charge in [-0.25, -0.2) is 0 Å². The third-order valence-electron chi connectivity index (χ3n) is 9.84. The van der Waals surface area contributed by atoms with Gasteiger partial charge in [0, 0.05) is 13.0 Å². The van der Waals surface area contributed by atoms with E-state index in [2.05, 4.69) is 22.8 Å². The highest BCUT2D eigenvalue weighted by atomic mass is 16.2. The summed E-state index contributed by atoms with van der Waals surface area (Å²) >= 11 is 0. The van der Waals surface area contributed by atoms with E-state index in [4.69, 9.17) is 0 Å². The van der Waals surface area contributed by atoms with E-state index < -0.39 is 24.3 Å². The average molecular weight is 610 g/mol. The van der Waals surface area contributed by atoms with E-state index in [0.29, 0.717) is 13.0 Å². The van der Waals surface area contributed by atoms with Gasteiger partial charge in [-0.15, -0.1) is 0 Å². The van der Waals surface area contributed by atoms with Crippen LogP contribution in [-0.4, -0.2) is 82.8 Å². The largest absolute Gasteiger partial charge is 0.343 e. The molecule has 6 rings (SSSR count). The molecule has 2 N–H and O–H groups in total. The number of rotatable bonds is 9. The van der Waals surface area contributed by atoms with Crippen molar-refractivity contribution >= 4 is 34.4 Å². The second kappa shape index (κ2) is 13.4. The lowest BCUT2D eigenvalue weighted by molar-refractivity contribution is -0.157. The predicted octanol–water partition coefficient (Wildman–Crippen LogP) is 3.46. The molecule has 3 aromatic carbocycles. The Morgan fingerprint density at radius 1 is 0.889 bits per heavy atom. The molecule has 45 heavy (non-hydrogen) atoms. The zero-order valence-electron chi connectivity index (χ0n) is 26.2. The van der Waals surface area contributed by atoms with Crippen LogP contribution in [0.5, 0.6) is 0 Å². The topological polar surface area (TPSA) is 102 Å². The Hall–Kier alpha value is -4.24. The van der Waals surface area contributed by atoms with E-state index in [9.17, 15) is 19.2 Å². The van der Waals surface area contributed by atoms with Gasteiger partial charge in [0.05, 0.1) is 12.6 Å². The van der Waals surface area contributed by atoms with Crippen molar-refractivity contribution in [3.05, 3.63) is 83.9 Å². The summed E-state index contributed by atoms with van der Waals surface area (Å²) in [6, 6.07) is 22.1. The monoisotopic (exact) mass is 609 g/mol. The molecule has 1 saturated carbocycles. The van der Waals surface area contributed by atoms with Crippen LogP contribution in [0.15, 0.2) is 72.8 Å². The molecule has 9 heteroatoms. The van der Waals surface area contributed by atoms with Crippen LogP contribution < -0.4 is 10.6 Å². The summed E-state index contributed by atoms with van der Waals surface area (Å²) in [6.45, 7) is 2.27. The minimum Gasteiger partial charge on any atom is -0.343 e. The van der Waals surface area contributed by atoms with Gasteiger partial charge in [-0.2, -0.15) is 0 Å². The molecule has 9 nitrogen and oxygen atoms in total. The summed E-state index contributed by atoms with van der Waals surface area (Å²) in [5.41, 5.74) is 1.94. The molecule has 236 valence electrons. The third-order valence-corrected chi connectivity index (χ3v) is 9.84. The molecule has 4 atom stereocenters. The zero-order valence-corrected chi connectivity index (χ0v) is 26.2. The van der Waals surface area contributed by atoms with Crippen molar-refractivity contribution in [2.24, 2.45) is 5.92 Å². The Labute approximate surface area is 264 Å². The molecule has 0 aromatic heterocycles. The Bertz CT molecular complexity index is 1560. The molecule has 2 aliphatic heterocycles. The smallest absolute Gasteiger partial charge is 0.247 e. The Morgan fingerprint density at radius 3 is 2.33 bits per heavy atom. The van der Waals surface area contributed by atoms with Gasteiger partial charge in [-0.1, -0.05) is 92.1 Å². The molecule has 0 bridgehead atoms. The molecule has 0 radical (unpaired) electrons. The summed E-state index contributed by atoms with van der Waals surface area (Å²) in [4.78, 5) is 60.5. The fraction of sp³-hybridized carbons (Fsp3) is 0.444. The first kappa shape index (κ1) is 30.8. The molecule has 0 unspecified atom stereocenters. The molecule has 4 amide bonds. The van der Waals surface area contributed by atoms with Crippen LogP contribution >= 0.6 is 0 Å². The zero-order chi connectivity index (χ0) is 31.5. The van der Waals surface area contributed by atoms with Crippen LogP contribution in [0.3, 0.4) is 0 Å². The second-order valence-electron chi connectivity index (χ2n) is 12.7. The van der Waals surface area contributed by atoms with Gasteiger partial charge in [0.25, 0.3) is 0 Å². The van der Waals surface area contributed by atoms with Crippen LogP contribution in [0, 0.1) is 5.92 Å². The first-order valence-electron chi connectivity index (χ1n) is 16.2. The number of carbonyl (C=O) groups excluding carboxylic acids is 4. The van der Waals surface area contributed by atoms with Gasteiger partial charge in [-0.05, 0) is 54.6 Å². The van der Waals surface area contributed by atoms with E-state index in [1.165, 1.54) is 0 Å². The standard InChI is InChI=1S/C36H43N5O4/c1-24(37-2)34(43)38-33(28-14-7-4-8-15-28)36(45)40-23-32(42)41-30(20-26-17-18-27-13-9-10-16-29(27)19-26)35(44)39(22-31(40)41)21-25-11-5-3-6-12-25/h3,5-6,9-13,16-19,24,28,30-31,33,37H,4,7-8,14-15,20-23H2,1-2H3,(H,38,43)/t24-,30-,31+,33-/m0/s1. The molecule has 2 saturated heterocycles. The summed E-state index contributed by atoms with van der Waals surface area (Å²) < 4.78 is 0. The first-order chi connectivity index (χ1) is 21.8. The lowest BCUT2D eigenvalue weighted by Gasteiger charge is -2.45. The highest BCUT2D eigenvalue weighted by Gasteiger charge is 2.52. The van der Waals surface area contributed by atoms with Crippen molar-refractivity contribution in [2.75, 3.05) is 20.1 Å². The number of piperazine rings is 1. The Kier molecular flexibility index (Phi) is 9.16. The summed E-state index contributed by atoms with van der Waals surface area (Å²) in [5.74, 6) is -0.821. The van der Waals surface area contributed by atoms with Crippen molar-refractivity contribution in [3.63, 3.8) is 0 Å². The van der Waals surface area contributed by atoms with Crippen LogP contribution in [-0.2, 0) is 32.1 Å². The highest BCUT2D eigenvalue weighted by molar-refractivity contribution is 5.97. The maximum absolute atomic E-state index is 14.5. The van der Waals surface area contributed by atoms with Crippen LogP contribution in [0.4, 0.5) is 0 Å². The van der Waals surface area contributed by atoms with E-state index in [1.807, 2.05) is 60.7 Å². The Morgan fingerprint density at radius 2 is 1.60 bits per heavy atom. The number of benzene rings is 3. The van der Waals surface area contributed by atoms with Crippen LogP contribution in [0.25, 0.3) is 10.8 Å². The summed E-state index contributed by atoms with van der Waals surface area (Å²) in [7, 11) is 1.72. The van der Waals surface area contributed by atoms with Crippen molar-refractivity contribution in [2.45, 2.75) is 76.3 Å². The van der Waals surface area contributed by atoms with Crippen molar-refractivity contribution in [1.82, 2.24) is 25.3 Å². The quantitative estimate of drug-likeness (QED) is 0.387. The number of nitrogens with one attached hydrogen (secondary N) is 2. The van der Waals surface area contributed by atoms with E-state index >= 15 is 0 Å². The van der Waals surface area contributed by atoms with Gasteiger partial charge < -0.3 is 25.3 Å². The maximum Gasteiger partial charge on any atom is 0.247 e.